The molecule has 1 aliphatic rings. The molecule has 0 aromatic heterocycles. The van der Waals surface area contributed by atoms with E-state index in [0.29, 0.717) is 19.6 Å². The second kappa shape index (κ2) is 6.34. The average Bonchev–Trinajstić information content (AvgIpc) is 2.85. The van der Waals surface area contributed by atoms with Crippen LogP contribution in [0.15, 0.2) is 30.3 Å². The van der Waals surface area contributed by atoms with Gasteiger partial charge in [0.05, 0.1) is 6.61 Å². The molecule has 0 radical (unpaired) electrons. The lowest BCUT2D eigenvalue weighted by Crippen LogP contribution is -2.38. The molecule has 1 aliphatic heterocycles. The topological polar surface area (TPSA) is 79.8 Å². The number of carboxylic acids is 1. The molecule has 98 valence electrons. The predicted octanol–water partition coefficient (Wildman–Crippen LogP) is 0.359. The van der Waals surface area contributed by atoms with E-state index in [1.54, 1.807) is 0 Å². The number of carbonyl (C=O) groups is 1. The van der Waals surface area contributed by atoms with E-state index in [1.165, 1.54) is 0 Å². The van der Waals surface area contributed by atoms with Crippen LogP contribution in [0.5, 0.6) is 5.75 Å². The zero-order valence-electron chi connectivity index (χ0n) is 9.83. The highest BCUT2D eigenvalue weighted by molar-refractivity contribution is 5.73. The maximum Gasteiger partial charge on any atom is 0.322 e. The highest BCUT2D eigenvalue weighted by Crippen LogP contribution is 2.09. The van der Waals surface area contributed by atoms with Crippen molar-refractivity contribution in [1.82, 2.24) is 10.9 Å². The van der Waals surface area contributed by atoms with Gasteiger partial charge in [-0.05, 0) is 12.1 Å². The molecular weight excluding hydrogens is 236 g/mol. The molecular formula is C12H16N2O4. The van der Waals surface area contributed by atoms with Gasteiger partial charge in [-0.15, -0.1) is 0 Å². The van der Waals surface area contributed by atoms with Gasteiger partial charge in [-0.1, -0.05) is 18.2 Å². The van der Waals surface area contributed by atoms with Gasteiger partial charge in [0.1, 0.15) is 24.6 Å². The largest absolute Gasteiger partial charge is 0.491 e. The fraction of sp³-hybridized carbons (Fsp3) is 0.417. The van der Waals surface area contributed by atoms with E-state index in [2.05, 4.69) is 10.9 Å². The molecule has 3 N–H and O–H groups in total. The zero-order valence-corrected chi connectivity index (χ0v) is 9.83. The minimum atomic E-state index is -0.880. The SMILES string of the molecule is O=C(O)C1CC(OCCOc2ccccc2)NN1. The molecule has 1 aromatic rings. The second-order valence-electron chi connectivity index (χ2n) is 3.94. The lowest BCUT2D eigenvalue weighted by molar-refractivity contribution is -0.139. The van der Waals surface area contributed by atoms with Crippen molar-refractivity contribution >= 4 is 5.97 Å². The van der Waals surface area contributed by atoms with Gasteiger partial charge in [-0.3, -0.25) is 4.79 Å². The number of nitrogens with one attached hydrogen (secondary N) is 2. The average molecular weight is 252 g/mol. The van der Waals surface area contributed by atoms with Crippen LogP contribution in [0.2, 0.25) is 0 Å². The van der Waals surface area contributed by atoms with Crippen LogP contribution in [0.4, 0.5) is 0 Å². The van der Waals surface area contributed by atoms with Crippen molar-refractivity contribution in [3.63, 3.8) is 0 Å². The molecule has 0 saturated carbocycles. The first-order valence-corrected chi connectivity index (χ1v) is 5.79. The van der Waals surface area contributed by atoms with Crippen LogP contribution in [0.3, 0.4) is 0 Å². The molecule has 6 nitrogen and oxygen atoms in total. The quantitative estimate of drug-likeness (QED) is 0.634. The Bertz CT molecular complexity index is 385. The Morgan fingerprint density at radius 1 is 1.28 bits per heavy atom. The van der Waals surface area contributed by atoms with Crippen LogP contribution in [0.1, 0.15) is 6.42 Å². The van der Waals surface area contributed by atoms with Gasteiger partial charge in [0.2, 0.25) is 0 Å². The number of para-hydroxylation sites is 1. The summed E-state index contributed by atoms with van der Waals surface area (Å²) in [7, 11) is 0. The minimum absolute atomic E-state index is 0.287. The second-order valence-corrected chi connectivity index (χ2v) is 3.94. The van der Waals surface area contributed by atoms with E-state index in [9.17, 15) is 4.79 Å². The van der Waals surface area contributed by atoms with E-state index in [4.69, 9.17) is 14.6 Å². The summed E-state index contributed by atoms with van der Waals surface area (Å²) in [5.74, 6) is -0.0869. The molecule has 0 aliphatic carbocycles. The van der Waals surface area contributed by atoms with Crippen LogP contribution in [0.25, 0.3) is 0 Å². The predicted molar refractivity (Wildman–Crippen MR) is 64.0 cm³/mol. The first-order chi connectivity index (χ1) is 8.75. The van der Waals surface area contributed by atoms with E-state index in [0.717, 1.165) is 5.75 Å². The maximum atomic E-state index is 10.7. The number of hydrogen-bond donors (Lipinski definition) is 3. The van der Waals surface area contributed by atoms with E-state index in [1.807, 2.05) is 30.3 Å². The van der Waals surface area contributed by atoms with Gasteiger partial charge in [0.15, 0.2) is 0 Å². The molecule has 0 amide bonds. The molecule has 1 aromatic carbocycles. The van der Waals surface area contributed by atoms with Gasteiger partial charge < -0.3 is 14.6 Å². The number of aliphatic carboxylic acids is 1. The summed E-state index contributed by atoms with van der Waals surface area (Å²) < 4.78 is 10.9. The molecule has 2 rings (SSSR count). The first-order valence-electron chi connectivity index (χ1n) is 5.79. The van der Waals surface area contributed by atoms with E-state index < -0.39 is 12.0 Å². The Balaban J connectivity index is 1.61. The molecule has 0 bridgehead atoms. The van der Waals surface area contributed by atoms with Crippen LogP contribution >= 0.6 is 0 Å². The number of benzene rings is 1. The normalized spacial score (nSPS) is 22.9. The van der Waals surface area contributed by atoms with Crippen molar-refractivity contribution in [2.75, 3.05) is 13.2 Å². The maximum absolute atomic E-state index is 10.7. The van der Waals surface area contributed by atoms with Crippen LogP contribution in [-0.4, -0.2) is 36.6 Å². The van der Waals surface area contributed by atoms with Crippen LogP contribution in [-0.2, 0) is 9.53 Å². The highest BCUT2D eigenvalue weighted by Gasteiger charge is 2.29. The smallest absolute Gasteiger partial charge is 0.322 e. The fourth-order valence-electron chi connectivity index (χ4n) is 1.66. The summed E-state index contributed by atoms with van der Waals surface area (Å²) in [5, 5.41) is 8.77. The van der Waals surface area contributed by atoms with Crippen LogP contribution in [0, 0.1) is 0 Å². The van der Waals surface area contributed by atoms with E-state index in [-0.39, 0.29) is 6.23 Å². The number of ether oxygens (including phenoxy) is 2. The Labute approximate surface area is 105 Å². The van der Waals surface area contributed by atoms with Crippen molar-refractivity contribution in [2.24, 2.45) is 0 Å². The Hall–Kier alpha value is -1.63. The summed E-state index contributed by atoms with van der Waals surface area (Å²) in [4.78, 5) is 10.7. The van der Waals surface area contributed by atoms with Crippen molar-refractivity contribution < 1.29 is 19.4 Å². The monoisotopic (exact) mass is 252 g/mol. The first kappa shape index (κ1) is 12.8. The third-order valence-electron chi connectivity index (χ3n) is 2.58. The van der Waals surface area contributed by atoms with Gasteiger partial charge in [-0.25, -0.2) is 10.9 Å². The summed E-state index contributed by atoms with van der Waals surface area (Å²) in [6.45, 7) is 0.834. The molecule has 2 unspecified atom stereocenters. The number of hydrazine groups is 1. The van der Waals surface area contributed by atoms with Crippen LogP contribution < -0.4 is 15.6 Å². The summed E-state index contributed by atoms with van der Waals surface area (Å²) in [5.41, 5.74) is 5.43. The molecule has 18 heavy (non-hydrogen) atoms. The summed E-state index contributed by atoms with van der Waals surface area (Å²) >= 11 is 0. The van der Waals surface area contributed by atoms with Crippen molar-refractivity contribution in [2.45, 2.75) is 18.7 Å². The van der Waals surface area contributed by atoms with Crippen molar-refractivity contribution in [3.8, 4) is 5.75 Å². The standard InChI is InChI=1S/C12H16N2O4/c15-12(16)10-8-11(14-13-10)18-7-6-17-9-4-2-1-3-5-9/h1-5,10-11,13-14H,6-8H2,(H,15,16). The Kier molecular flexibility index (Phi) is 4.52. The summed E-state index contributed by atoms with van der Waals surface area (Å²) in [6, 6.07) is 8.87. The Morgan fingerprint density at radius 3 is 2.72 bits per heavy atom. The van der Waals surface area contributed by atoms with Crippen molar-refractivity contribution in [3.05, 3.63) is 30.3 Å². The molecule has 6 heteroatoms. The van der Waals surface area contributed by atoms with Gasteiger partial charge >= 0.3 is 5.97 Å². The molecule has 0 spiro atoms. The van der Waals surface area contributed by atoms with Gasteiger partial charge in [0.25, 0.3) is 0 Å². The lowest BCUT2D eigenvalue weighted by atomic mass is 10.2. The summed E-state index contributed by atoms with van der Waals surface area (Å²) in [6.07, 6.45) is 0.117. The minimum Gasteiger partial charge on any atom is -0.491 e. The Morgan fingerprint density at radius 2 is 2.06 bits per heavy atom. The zero-order chi connectivity index (χ0) is 12.8. The van der Waals surface area contributed by atoms with Gasteiger partial charge in [0, 0.05) is 6.42 Å². The molecule has 1 saturated heterocycles. The molecule has 2 atom stereocenters. The fourth-order valence-corrected chi connectivity index (χ4v) is 1.66. The van der Waals surface area contributed by atoms with E-state index >= 15 is 0 Å². The lowest BCUT2D eigenvalue weighted by Gasteiger charge is -2.11. The number of carboxylic acid groups (broad SMARTS) is 1. The third-order valence-corrected chi connectivity index (χ3v) is 2.58. The molecule has 1 heterocycles. The van der Waals surface area contributed by atoms with Crippen molar-refractivity contribution in [1.29, 1.82) is 0 Å². The number of rotatable bonds is 6. The molecule has 1 fully saturated rings. The van der Waals surface area contributed by atoms with Gasteiger partial charge in [-0.2, -0.15) is 0 Å². The number of hydrogen-bond acceptors (Lipinski definition) is 5. The third kappa shape index (κ3) is 3.69. The highest BCUT2D eigenvalue weighted by atomic mass is 16.5.